The van der Waals surface area contributed by atoms with Crippen molar-refractivity contribution < 1.29 is 22.7 Å². The van der Waals surface area contributed by atoms with Gasteiger partial charge >= 0.3 is 12.1 Å². The molecule has 1 saturated heterocycles. The van der Waals surface area contributed by atoms with Crippen LogP contribution < -0.4 is 0 Å². The number of aromatic nitrogens is 2. The molecule has 1 atom stereocenters. The minimum absolute atomic E-state index is 0.00695. The molecule has 0 N–H and O–H groups in total. The Bertz CT molecular complexity index is 520. The quantitative estimate of drug-likeness (QED) is 0.789. The van der Waals surface area contributed by atoms with Gasteiger partial charge < -0.3 is 4.74 Å². The van der Waals surface area contributed by atoms with Crippen LogP contribution in [0.25, 0.3) is 0 Å². The van der Waals surface area contributed by atoms with Crippen molar-refractivity contribution in [1.29, 1.82) is 0 Å². The van der Waals surface area contributed by atoms with Crippen LogP contribution in [0.4, 0.5) is 13.2 Å². The molecular formula is C12H13F3N2O2S2. The zero-order valence-electron chi connectivity index (χ0n) is 11.1. The van der Waals surface area contributed by atoms with Gasteiger partial charge in [0.2, 0.25) is 0 Å². The lowest BCUT2D eigenvalue weighted by molar-refractivity contribution is -0.142. The van der Waals surface area contributed by atoms with Crippen molar-refractivity contribution in [3.05, 3.63) is 23.3 Å². The van der Waals surface area contributed by atoms with Gasteiger partial charge in [0.05, 0.1) is 11.9 Å². The fraction of sp³-hybridized carbons (Fsp3) is 0.583. The Labute approximate surface area is 128 Å². The Morgan fingerprint density at radius 2 is 2.24 bits per heavy atom. The Hall–Kier alpha value is -0.960. The van der Waals surface area contributed by atoms with Crippen molar-refractivity contribution in [3.63, 3.8) is 0 Å². The highest BCUT2D eigenvalue weighted by Crippen LogP contribution is 2.37. The number of rotatable bonds is 3. The number of halogens is 3. The van der Waals surface area contributed by atoms with E-state index in [9.17, 15) is 18.0 Å². The minimum Gasteiger partial charge on any atom is -0.462 e. The Balaban J connectivity index is 2.37. The first-order chi connectivity index (χ1) is 9.93. The molecule has 1 aromatic rings. The summed E-state index contributed by atoms with van der Waals surface area (Å²) in [6.45, 7) is 1.52. The van der Waals surface area contributed by atoms with E-state index < -0.39 is 23.4 Å². The predicted molar refractivity (Wildman–Crippen MR) is 75.5 cm³/mol. The average Bonchev–Trinajstić information content (AvgIpc) is 2.47. The highest BCUT2D eigenvalue weighted by atomic mass is 32.2. The van der Waals surface area contributed by atoms with E-state index in [1.54, 1.807) is 11.8 Å². The van der Waals surface area contributed by atoms with Crippen LogP contribution >= 0.6 is 23.5 Å². The monoisotopic (exact) mass is 338 g/mol. The van der Waals surface area contributed by atoms with Crippen LogP contribution in [0, 0.1) is 0 Å². The van der Waals surface area contributed by atoms with Crippen molar-refractivity contribution in [2.45, 2.75) is 18.3 Å². The first-order valence-corrected chi connectivity index (χ1v) is 8.44. The van der Waals surface area contributed by atoms with Gasteiger partial charge in [0.25, 0.3) is 0 Å². The SMILES string of the molecule is CCOC(=O)c1cnc(C2CSCCS2)nc1C(F)(F)F. The van der Waals surface area contributed by atoms with Gasteiger partial charge in [-0.2, -0.15) is 24.9 Å². The molecule has 0 aromatic carbocycles. The average molecular weight is 338 g/mol. The van der Waals surface area contributed by atoms with Gasteiger partial charge in [-0.05, 0) is 6.92 Å². The lowest BCUT2D eigenvalue weighted by Crippen LogP contribution is -2.21. The Morgan fingerprint density at radius 1 is 1.48 bits per heavy atom. The molecule has 4 nitrogen and oxygen atoms in total. The molecule has 0 radical (unpaired) electrons. The van der Waals surface area contributed by atoms with E-state index in [1.165, 1.54) is 18.7 Å². The lowest BCUT2D eigenvalue weighted by Gasteiger charge is -2.20. The van der Waals surface area contributed by atoms with E-state index in [0.717, 1.165) is 17.7 Å². The fourth-order valence-electron chi connectivity index (χ4n) is 1.76. The third-order valence-electron chi connectivity index (χ3n) is 2.68. The van der Waals surface area contributed by atoms with Gasteiger partial charge in [-0.3, -0.25) is 0 Å². The van der Waals surface area contributed by atoms with Crippen LogP contribution in [0.3, 0.4) is 0 Å². The second-order valence-corrected chi connectivity index (χ2v) is 6.60. The van der Waals surface area contributed by atoms with Crippen LogP contribution in [-0.2, 0) is 10.9 Å². The van der Waals surface area contributed by atoms with Gasteiger partial charge in [0.15, 0.2) is 5.69 Å². The van der Waals surface area contributed by atoms with Crippen LogP contribution in [0.2, 0.25) is 0 Å². The van der Waals surface area contributed by atoms with E-state index in [1.807, 2.05) is 0 Å². The van der Waals surface area contributed by atoms with Crippen molar-refractivity contribution in [2.75, 3.05) is 23.9 Å². The van der Waals surface area contributed by atoms with Gasteiger partial charge in [0, 0.05) is 23.5 Å². The molecule has 1 fully saturated rings. The van der Waals surface area contributed by atoms with Gasteiger partial charge in [-0.1, -0.05) is 0 Å². The smallest absolute Gasteiger partial charge is 0.434 e. The second-order valence-electron chi connectivity index (χ2n) is 4.14. The van der Waals surface area contributed by atoms with Crippen molar-refractivity contribution in [1.82, 2.24) is 9.97 Å². The van der Waals surface area contributed by atoms with E-state index >= 15 is 0 Å². The molecule has 0 amide bonds. The molecule has 21 heavy (non-hydrogen) atoms. The summed E-state index contributed by atoms with van der Waals surface area (Å²) in [5.41, 5.74) is -1.86. The fourth-order valence-corrected chi connectivity index (χ4v) is 4.37. The molecule has 1 aromatic heterocycles. The molecule has 0 bridgehead atoms. The van der Waals surface area contributed by atoms with Gasteiger partial charge in [-0.15, -0.1) is 11.8 Å². The number of ether oxygens (including phenoxy) is 1. The standard InChI is InChI=1S/C12H13F3N2O2S2/c1-2-19-11(18)7-5-16-10(8-6-20-3-4-21-8)17-9(7)12(13,14)15/h5,8H,2-4,6H2,1H3. The molecule has 1 unspecified atom stereocenters. The highest BCUT2D eigenvalue weighted by molar-refractivity contribution is 8.06. The van der Waals surface area contributed by atoms with E-state index in [2.05, 4.69) is 14.7 Å². The molecular weight excluding hydrogens is 325 g/mol. The first-order valence-electron chi connectivity index (χ1n) is 6.24. The van der Waals surface area contributed by atoms with E-state index in [0.29, 0.717) is 5.75 Å². The first kappa shape index (κ1) is 16.4. The largest absolute Gasteiger partial charge is 0.462 e. The third-order valence-corrected chi connectivity index (χ3v) is 5.43. The van der Waals surface area contributed by atoms with Crippen molar-refractivity contribution >= 4 is 29.5 Å². The molecule has 0 spiro atoms. The highest BCUT2D eigenvalue weighted by Gasteiger charge is 2.39. The molecule has 2 heterocycles. The number of hydrogen-bond donors (Lipinski definition) is 0. The van der Waals surface area contributed by atoms with Crippen LogP contribution in [0.5, 0.6) is 0 Å². The number of nitrogens with zero attached hydrogens (tertiary/aromatic N) is 2. The number of carbonyl (C=O) groups is 1. The number of thioether (sulfide) groups is 2. The summed E-state index contributed by atoms with van der Waals surface area (Å²) in [5.74, 6) is 1.55. The molecule has 1 aliphatic heterocycles. The molecule has 0 aliphatic carbocycles. The number of hydrogen-bond acceptors (Lipinski definition) is 6. The minimum atomic E-state index is -4.72. The van der Waals surface area contributed by atoms with Gasteiger partial charge in [-0.25, -0.2) is 14.8 Å². The van der Waals surface area contributed by atoms with Crippen LogP contribution in [0.15, 0.2) is 6.20 Å². The molecule has 2 rings (SSSR count). The van der Waals surface area contributed by atoms with Crippen LogP contribution in [-0.4, -0.2) is 39.8 Å². The zero-order valence-corrected chi connectivity index (χ0v) is 12.8. The maximum Gasteiger partial charge on any atom is 0.434 e. The summed E-state index contributed by atoms with van der Waals surface area (Å²) in [7, 11) is 0. The van der Waals surface area contributed by atoms with Crippen LogP contribution in [0.1, 0.15) is 34.0 Å². The normalized spacial score (nSPS) is 19.3. The summed E-state index contributed by atoms with van der Waals surface area (Å²) in [6, 6.07) is 0. The second kappa shape index (κ2) is 6.87. The van der Waals surface area contributed by atoms with Crippen molar-refractivity contribution in [2.24, 2.45) is 0 Å². The number of carbonyl (C=O) groups excluding carboxylic acids is 1. The lowest BCUT2D eigenvalue weighted by atomic mass is 10.2. The Morgan fingerprint density at radius 3 is 2.81 bits per heavy atom. The maximum atomic E-state index is 13.1. The van der Waals surface area contributed by atoms with E-state index in [4.69, 9.17) is 0 Å². The summed E-state index contributed by atoms with van der Waals surface area (Å²) in [5, 5.41) is -0.180. The topological polar surface area (TPSA) is 52.1 Å². The molecule has 9 heteroatoms. The zero-order chi connectivity index (χ0) is 15.5. The molecule has 0 saturated carbocycles. The third kappa shape index (κ3) is 4.03. The summed E-state index contributed by atoms with van der Waals surface area (Å²) < 4.78 is 43.9. The maximum absolute atomic E-state index is 13.1. The van der Waals surface area contributed by atoms with Gasteiger partial charge in [0.1, 0.15) is 11.4 Å². The van der Waals surface area contributed by atoms with E-state index in [-0.39, 0.29) is 17.7 Å². The number of esters is 1. The summed E-state index contributed by atoms with van der Waals surface area (Å²) in [4.78, 5) is 19.1. The number of alkyl halides is 3. The van der Waals surface area contributed by atoms with Crippen molar-refractivity contribution in [3.8, 4) is 0 Å². The summed E-state index contributed by atoms with van der Waals surface area (Å²) in [6.07, 6.45) is -3.80. The molecule has 1 aliphatic rings. The predicted octanol–water partition coefficient (Wildman–Crippen LogP) is 3.19. The molecule has 116 valence electrons. The Kier molecular flexibility index (Phi) is 5.37. The summed E-state index contributed by atoms with van der Waals surface area (Å²) >= 11 is 3.19.